The highest BCUT2D eigenvalue weighted by atomic mass is 32.1. The zero-order chi connectivity index (χ0) is 27.4. The van der Waals surface area contributed by atoms with Crippen molar-refractivity contribution >= 4 is 36.5 Å². The minimum Gasteiger partial charge on any atom is -0.504 e. The molecule has 39 heavy (non-hydrogen) atoms. The second kappa shape index (κ2) is 11.3. The molecule has 0 unspecified atom stereocenters. The summed E-state index contributed by atoms with van der Waals surface area (Å²) in [6.45, 7) is 0.679. The fourth-order valence-electron chi connectivity index (χ4n) is 4.11. The molecule has 1 aromatic heterocycles. The van der Waals surface area contributed by atoms with Gasteiger partial charge in [0.05, 0.1) is 26.5 Å². The Balaban J connectivity index is 1.52. The second-order valence-electron chi connectivity index (χ2n) is 8.69. The number of hydrogen-bond donors (Lipinski definition) is 2. The molecule has 0 bridgehead atoms. The molecular weight excluding hydrogens is 516 g/mol. The van der Waals surface area contributed by atoms with Crippen LogP contribution in [0.2, 0.25) is 0 Å². The van der Waals surface area contributed by atoms with Crippen molar-refractivity contribution < 1.29 is 29.2 Å². The van der Waals surface area contributed by atoms with Crippen LogP contribution in [0.25, 0.3) is 24.3 Å². The van der Waals surface area contributed by atoms with Crippen molar-refractivity contribution in [2.45, 2.75) is 6.54 Å². The van der Waals surface area contributed by atoms with Gasteiger partial charge in [0.2, 0.25) is 11.6 Å². The molecule has 3 aromatic carbocycles. The molecule has 0 aliphatic carbocycles. The number of phenols is 2. The number of nitrogens with zero attached hydrogens (tertiary/aromatic N) is 2. The largest absolute Gasteiger partial charge is 0.504 e. The summed E-state index contributed by atoms with van der Waals surface area (Å²) in [5.41, 5.74) is 4.15. The van der Waals surface area contributed by atoms with Crippen LogP contribution in [0.5, 0.6) is 34.5 Å². The third-order valence-corrected chi connectivity index (χ3v) is 6.45. The lowest BCUT2D eigenvalue weighted by molar-refractivity contribution is 0.174. The van der Waals surface area contributed by atoms with Gasteiger partial charge in [-0.1, -0.05) is 30.4 Å². The summed E-state index contributed by atoms with van der Waals surface area (Å²) in [6.07, 6.45) is 7.59. The Hall–Kier alpha value is -4.76. The molecule has 1 aliphatic heterocycles. The molecule has 9 heteroatoms. The van der Waals surface area contributed by atoms with Gasteiger partial charge < -0.3 is 33.7 Å². The lowest BCUT2D eigenvalue weighted by atomic mass is 10.1. The van der Waals surface area contributed by atoms with Gasteiger partial charge in [-0.05, 0) is 83.5 Å². The van der Waals surface area contributed by atoms with Gasteiger partial charge in [-0.2, -0.15) is 0 Å². The Morgan fingerprint density at radius 3 is 2.13 bits per heavy atom. The van der Waals surface area contributed by atoms with Crippen molar-refractivity contribution in [1.82, 2.24) is 9.55 Å². The molecule has 0 saturated heterocycles. The number of methoxy groups -OCH3 is 2. The molecule has 0 spiro atoms. The van der Waals surface area contributed by atoms with Crippen molar-refractivity contribution in [3.8, 4) is 34.5 Å². The Morgan fingerprint density at radius 1 is 0.821 bits per heavy atom. The predicted octanol–water partition coefficient (Wildman–Crippen LogP) is 6.16. The van der Waals surface area contributed by atoms with Gasteiger partial charge >= 0.3 is 0 Å². The van der Waals surface area contributed by atoms with Crippen molar-refractivity contribution in [3.05, 3.63) is 93.5 Å². The van der Waals surface area contributed by atoms with E-state index in [0.717, 1.165) is 22.4 Å². The van der Waals surface area contributed by atoms with E-state index in [-0.39, 0.29) is 18.3 Å². The fraction of sp³-hybridized carbons (Fsp3) is 0.133. The minimum absolute atomic E-state index is 0.0718. The number of aromatic hydroxyl groups is 2. The monoisotopic (exact) mass is 542 g/mol. The maximum atomic E-state index is 9.95. The number of fused-ring (bicyclic) bond motifs is 1. The number of hydrogen-bond acceptors (Lipinski definition) is 8. The molecule has 0 atom stereocenters. The number of ether oxygens (including phenoxy) is 4. The number of aromatic nitrogens is 2. The van der Waals surface area contributed by atoms with Crippen LogP contribution >= 0.6 is 12.2 Å². The summed E-state index contributed by atoms with van der Waals surface area (Å²) < 4.78 is 23.8. The average molecular weight is 543 g/mol. The molecule has 5 rings (SSSR count). The van der Waals surface area contributed by atoms with Gasteiger partial charge in [-0.3, -0.25) is 0 Å². The maximum absolute atomic E-state index is 9.95. The van der Waals surface area contributed by atoms with E-state index in [1.54, 1.807) is 36.4 Å². The van der Waals surface area contributed by atoms with E-state index < -0.39 is 0 Å². The average Bonchev–Trinajstić information content (AvgIpc) is 3.41. The van der Waals surface area contributed by atoms with E-state index in [2.05, 4.69) is 4.98 Å². The van der Waals surface area contributed by atoms with Crippen molar-refractivity contribution in [2.75, 3.05) is 21.0 Å². The predicted molar refractivity (Wildman–Crippen MR) is 152 cm³/mol. The summed E-state index contributed by atoms with van der Waals surface area (Å²) in [7, 11) is 3.02. The zero-order valence-corrected chi connectivity index (χ0v) is 22.1. The van der Waals surface area contributed by atoms with E-state index in [4.69, 9.17) is 31.2 Å². The molecule has 0 fully saturated rings. The lowest BCUT2D eigenvalue weighted by Gasteiger charge is -2.13. The van der Waals surface area contributed by atoms with Gasteiger partial charge in [0.25, 0.3) is 0 Å². The summed E-state index contributed by atoms with van der Waals surface area (Å²) in [6, 6.07) is 18.0. The molecular formula is C30H26N2O6S. The van der Waals surface area contributed by atoms with E-state index in [1.807, 2.05) is 53.1 Å². The maximum Gasteiger partial charge on any atom is 0.231 e. The van der Waals surface area contributed by atoms with Crippen molar-refractivity contribution in [3.63, 3.8) is 0 Å². The smallest absolute Gasteiger partial charge is 0.231 e. The molecule has 2 N–H and O–H groups in total. The van der Waals surface area contributed by atoms with Crippen LogP contribution in [0, 0.1) is 4.77 Å². The van der Waals surface area contributed by atoms with E-state index in [0.29, 0.717) is 40.0 Å². The van der Waals surface area contributed by atoms with Crippen LogP contribution < -0.4 is 18.9 Å². The highest BCUT2D eigenvalue weighted by Gasteiger charge is 2.14. The highest BCUT2D eigenvalue weighted by Crippen LogP contribution is 2.33. The van der Waals surface area contributed by atoms with Crippen LogP contribution in [0.4, 0.5) is 0 Å². The molecule has 1 aliphatic rings. The molecule has 2 heterocycles. The van der Waals surface area contributed by atoms with Gasteiger partial charge in [-0.15, -0.1) is 0 Å². The molecule has 0 radical (unpaired) electrons. The van der Waals surface area contributed by atoms with E-state index >= 15 is 0 Å². The zero-order valence-electron chi connectivity index (χ0n) is 21.3. The normalized spacial score (nSPS) is 12.4. The number of rotatable bonds is 8. The first-order valence-corrected chi connectivity index (χ1v) is 12.4. The topological polar surface area (TPSA) is 95.2 Å². The van der Waals surface area contributed by atoms with Crippen molar-refractivity contribution in [2.24, 2.45) is 0 Å². The summed E-state index contributed by atoms with van der Waals surface area (Å²) in [4.78, 5) is 4.64. The van der Waals surface area contributed by atoms with E-state index in [1.165, 1.54) is 14.2 Å². The van der Waals surface area contributed by atoms with Crippen LogP contribution in [0.15, 0.2) is 60.7 Å². The molecule has 4 aromatic rings. The Morgan fingerprint density at radius 2 is 1.46 bits per heavy atom. The van der Waals surface area contributed by atoms with Crippen LogP contribution in [0.3, 0.4) is 0 Å². The first-order valence-electron chi connectivity index (χ1n) is 12.0. The van der Waals surface area contributed by atoms with Crippen LogP contribution in [-0.2, 0) is 6.54 Å². The quantitative estimate of drug-likeness (QED) is 0.256. The number of phenolic OH excluding ortho intramolecular Hbond substituents is 2. The molecule has 198 valence electrons. The summed E-state index contributed by atoms with van der Waals surface area (Å²) >= 11 is 5.72. The first-order chi connectivity index (χ1) is 18.9. The third kappa shape index (κ3) is 5.89. The fourth-order valence-corrected chi connectivity index (χ4v) is 4.38. The summed E-state index contributed by atoms with van der Waals surface area (Å²) in [5.74, 6) is 2.33. The van der Waals surface area contributed by atoms with Gasteiger partial charge in [0.15, 0.2) is 34.5 Å². The minimum atomic E-state index is 0.0718. The van der Waals surface area contributed by atoms with Gasteiger partial charge in [0.1, 0.15) is 0 Å². The van der Waals surface area contributed by atoms with E-state index in [9.17, 15) is 10.2 Å². The lowest BCUT2D eigenvalue weighted by Crippen LogP contribution is -2.08. The summed E-state index contributed by atoms with van der Waals surface area (Å²) in [5, 5.41) is 19.8. The standard InChI is InChI=1S/C30H26N2O6S/c1-35-27-13-19(5-10-24(27)33)3-8-22-16-23(9-4-20-6-11-25(34)28(14-20)36-2)32(30(39)31-22)17-21-7-12-26-29(15-21)38-18-37-26/h3-16,33-34H,17-18H2,1-2H3/b8-3+,9-4+. The van der Waals surface area contributed by atoms with Crippen LogP contribution in [0.1, 0.15) is 28.1 Å². The second-order valence-corrected chi connectivity index (χ2v) is 9.06. The molecule has 8 nitrogen and oxygen atoms in total. The molecule has 0 saturated carbocycles. The third-order valence-electron chi connectivity index (χ3n) is 6.14. The van der Waals surface area contributed by atoms with Gasteiger partial charge in [-0.25, -0.2) is 4.98 Å². The Kier molecular flexibility index (Phi) is 7.51. The Labute approximate surface area is 230 Å². The van der Waals surface area contributed by atoms with Gasteiger partial charge in [0, 0.05) is 5.69 Å². The number of benzene rings is 3. The highest BCUT2D eigenvalue weighted by molar-refractivity contribution is 7.71. The van der Waals surface area contributed by atoms with Crippen LogP contribution in [-0.4, -0.2) is 40.8 Å². The molecule has 0 amide bonds. The van der Waals surface area contributed by atoms with Crippen molar-refractivity contribution in [1.29, 1.82) is 0 Å². The Bertz CT molecular complexity index is 1640. The SMILES string of the molecule is COc1cc(/C=C/c2cc(/C=C/c3ccc(O)c(OC)c3)n(Cc3ccc4c(c3)OCO4)c(=S)n2)ccc1O. The first kappa shape index (κ1) is 25.9.